The summed E-state index contributed by atoms with van der Waals surface area (Å²) in [6.07, 6.45) is 1.98. The quantitative estimate of drug-likeness (QED) is 0.879. The van der Waals surface area contributed by atoms with Gasteiger partial charge >= 0.3 is 6.09 Å². The van der Waals surface area contributed by atoms with Gasteiger partial charge in [-0.2, -0.15) is 0 Å². The molecular formula is C18H26N2O5. The van der Waals surface area contributed by atoms with Crippen LogP contribution in [-0.2, 0) is 15.1 Å². The molecule has 2 aliphatic heterocycles. The number of hydrogen-bond acceptors (Lipinski definition) is 6. The number of fused-ring (bicyclic) bond motifs is 2. The maximum atomic E-state index is 12.6. The van der Waals surface area contributed by atoms with Gasteiger partial charge in [-0.1, -0.05) is 0 Å². The zero-order valence-corrected chi connectivity index (χ0v) is 15.2. The van der Waals surface area contributed by atoms with Crippen molar-refractivity contribution in [3.8, 4) is 5.88 Å². The van der Waals surface area contributed by atoms with Gasteiger partial charge in [-0.3, -0.25) is 4.90 Å². The van der Waals surface area contributed by atoms with E-state index in [0.717, 1.165) is 0 Å². The van der Waals surface area contributed by atoms with Crippen LogP contribution in [0.15, 0.2) is 18.3 Å². The van der Waals surface area contributed by atoms with Crippen molar-refractivity contribution in [2.75, 3.05) is 20.3 Å². The standard InChI is InChI=1S/C18H26N2O5/c1-17(2,3)25-16(21)20-12-8-18(22,9-13(20)11-24-10-12)14-6-5-7-19-15(14)23-4/h5-7,12-13,22H,8-11H2,1-4H3. The van der Waals surface area contributed by atoms with E-state index in [2.05, 4.69) is 4.98 Å². The van der Waals surface area contributed by atoms with Gasteiger partial charge in [0.15, 0.2) is 0 Å². The largest absolute Gasteiger partial charge is 0.481 e. The molecule has 138 valence electrons. The Morgan fingerprint density at radius 3 is 2.56 bits per heavy atom. The van der Waals surface area contributed by atoms with Crippen LogP contribution in [0, 0.1) is 0 Å². The van der Waals surface area contributed by atoms with E-state index in [1.165, 1.54) is 7.11 Å². The van der Waals surface area contributed by atoms with Gasteiger partial charge in [-0.05, 0) is 32.9 Å². The van der Waals surface area contributed by atoms with Crippen LogP contribution >= 0.6 is 0 Å². The first-order chi connectivity index (χ1) is 11.7. The van der Waals surface area contributed by atoms with Gasteiger partial charge in [-0.15, -0.1) is 0 Å². The van der Waals surface area contributed by atoms with Gasteiger partial charge in [0.2, 0.25) is 5.88 Å². The normalized spacial score (nSPS) is 29.2. The number of carbonyl (C=O) groups excluding carboxylic acids is 1. The highest BCUT2D eigenvalue weighted by Gasteiger charge is 2.50. The summed E-state index contributed by atoms with van der Waals surface area (Å²) in [5, 5.41) is 11.3. The van der Waals surface area contributed by atoms with Gasteiger partial charge in [0.05, 0.1) is 38.0 Å². The van der Waals surface area contributed by atoms with Crippen LogP contribution in [0.1, 0.15) is 39.2 Å². The second kappa shape index (κ2) is 6.46. The minimum Gasteiger partial charge on any atom is -0.481 e. The Hall–Kier alpha value is -1.86. The average Bonchev–Trinajstić information content (AvgIpc) is 2.52. The summed E-state index contributed by atoms with van der Waals surface area (Å²) in [5.41, 5.74) is -1.03. The van der Waals surface area contributed by atoms with Crippen molar-refractivity contribution in [1.29, 1.82) is 0 Å². The van der Waals surface area contributed by atoms with Gasteiger partial charge in [-0.25, -0.2) is 9.78 Å². The monoisotopic (exact) mass is 350 g/mol. The van der Waals surface area contributed by atoms with E-state index < -0.39 is 11.2 Å². The van der Waals surface area contributed by atoms with E-state index in [4.69, 9.17) is 14.2 Å². The van der Waals surface area contributed by atoms with Crippen LogP contribution in [0.25, 0.3) is 0 Å². The van der Waals surface area contributed by atoms with Crippen LogP contribution in [-0.4, -0.2) is 59.1 Å². The second-order valence-electron chi connectivity index (χ2n) is 7.73. The number of pyridine rings is 1. The number of methoxy groups -OCH3 is 1. The van der Waals surface area contributed by atoms with Crippen LogP contribution in [0.4, 0.5) is 4.79 Å². The first-order valence-corrected chi connectivity index (χ1v) is 8.54. The van der Waals surface area contributed by atoms with Gasteiger partial charge < -0.3 is 19.3 Å². The number of morpholine rings is 1. The molecule has 2 bridgehead atoms. The summed E-state index contributed by atoms with van der Waals surface area (Å²) >= 11 is 0. The highest BCUT2D eigenvalue weighted by molar-refractivity contribution is 5.69. The molecule has 0 aliphatic carbocycles. The molecule has 1 aromatic heterocycles. The van der Waals surface area contributed by atoms with Crippen LogP contribution in [0.5, 0.6) is 5.88 Å². The molecule has 0 saturated carbocycles. The Morgan fingerprint density at radius 1 is 1.36 bits per heavy atom. The zero-order valence-electron chi connectivity index (χ0n) is 15.2. The Bertz CT molecular complexity index is 629. The molecule has 2 atom stereocenters. The van der Waals surface area contributed by atoms with Crippen molar-refractivity contribution in [2.24, 2.45) is 0 Å². The molecule has 3 heterocycles. The number of piperidine rings is 1. The van der Waals surface area contributed by atoms with Crippen molar-refractivity contribution >= 4 is 6.09 Å². The SMILES string of the molecule is COc1ncccc1C1(O)CC2COCC(C1)N2C(=O)OC(C)(C)C. The zero-order chi connectivity index (χ0) is 18.2. The van der Waals surface area contributed by atoms with Gasteiger partial charge in [0.1, 0.15) is 5.60 Å². The number of hydrogen-bond donors (Lipinski definition) is 1. The third kappa shape index (κ3) is 3.57. The molecule has 0 spiro atoms. The van der Waals surface area contributed by atoms with Crippen LogP contribution in [0.2, 0.25) is 0 Å². The highest BCUT2D eigenvalue weighted by atomic mass is 16.6. The molecule has 7 heteroatoms. The molecule has 0 aromatic carbocycles. The van der Waals surface area contributed by atoms with Gasteiger partial charge in [0, 0.05) is 24.6 Å². The first-order valence-electron chi connectivity index (χ1n) is 8.54. The fourth-order valence-corrected chi connectivity index (χ4v) is 3.72. The number of ether oxygens (including phenoxy) is 3. The third-order valence-electron chi connectivity index (χ3n) is 4.62. The minimum atomic E-state index is -1.11. The number of amides is 1. The highest BCUT2D eigenvalue weighted by Crippen LogP contribution is 2.43. The summed E-state index contributed by atoms with van der Waals surface area (Å²) in [5.74, 6) is 0.412. The summed E-state index contributed by atoms with van der Waals surface area (Å²) in [6, 6.07) is 3.10. The first kappa shape index (κ1) is 17.9. The van der Waals surface area contributed by atoms with Crippen molar-refractivity contribution in [2.45, 2.75) is 56.9 Å². The van der Waals surface area contributed by atoms with Crippen molar-refractivity contribution in [1.82, 2.24) is 9.88 Å². The Morgan fingerprint density at radius 2 is 2.00 bits per heavy atom. The van der Waals surface area contributed by atoms with Crippen molar-refractivity contribution < 1.29 is 24.1 Å². The number of aromatic nitrogens is 1. The number of aliphatic hydroxyl groups is 1. The van der Waals surface area contributed by atoms with E-state index in [1.54, 1.807) is 17.2 Å². The minimum absolute atomic E-state index is 0.253. The summed E-state index contributed by atoms with van der Waals surface area (Å²) in [7, 11) is 1.54. The molecular weight excluding hydrogens is 324 g/mol. The summed E-state index contributed by atoms with van der Waals surface area (Å²) in [4.78, 5) is 18.6. The predicted molar refractivity (Wildman–Crippen MR) is 90.4 cm³/mol. The second-order valence-corrected chi connectivity index (χ2v) is 7.73. The fraction of sp³-hybridized carbons (Fsp3) is 0.667. The van der Waals surface area contributed by atoms with Crippen LogP contribution < -0.4 is 4.74 Å². The molecule has 2 fully saturated rings. The maximum Gasteiger partial charge on any atom is 0.410 e. The summed E-state index contributed by atoms with van der Waals surface area (Å²) < 4.78 is 16.5. The Kier molecular flexibility index (Phi) is 4.64. The maximum absolute atomic E-state index is 12.6. The number of carbonyl (C=O) groups is 1. The van der Waals surface area contributed by atoms with E-state index in [-0.39, 0.29) is 18.2 Å². The third-order valence-corrected chi connectivity index (χ3v) is 4.62. The summed E-state index contributed by atoms with van der Waals surface area (Å²) in [6.45, 7) is 6.29. The van der Waals surface area contributed by atoms with Crippen molar-refractivity contribution in [3.63, 3.8) is 0 Å². The smallest absolute Gasteiger partial charge is 0.410 e. The molecule has 25 heavy (non-hydrogen) atoms. The molecule has 7 nitrogen and oxygen atoms in total. The predicted octanol–water partition coefficient (Wildman–Crippen LogP) is 2.08. The van der Waals surface area contributed by atoms with E-state index in [0.29, 0.717) is 37.5 Å². The van der Waals surface area contributed by atoms with Crippen LogP contribution in [0.3, 0.4) is 0 Å². The number of nitrogens with zero attached hydrogens (tertiary/aromatic N) is 2. The molecule has 1 amide bonds. The fourth-order valence-electron chi connectivity index (χ4n) is 3.72. The van der Waals surface area contributed by atoms with E-state index >= 15 is 0 Å². The van der Waals surface area contributed by atoms with Gasteiger partial charge in [0.25, 0.3) is 0 Å². The van der Waals surface area contributed by atoms with E-state index in [1.807, 2.05) is 26.8 Å². The molecule has 2 aliphatic rings. The number of rotatable bonds is 2. The molecule has 2 unspecified atom stereocenters. The molecule has 2 saturated heterocycles. The molecule has 1 aromatic rings. The Labute approximate surface area is 147 Å². The Balaban J connectivity index is 1.87. The molecule has 3 rings (SSSR count). The average molecular weight is 350 g/mol. The topological polar surface area (TPSA) is 81.1 Å². The molecule has 0 radical (unpaired) electrons. The van der Waals surface area contributed by atoms with Crippen molar-refractivity contribution in [3.05, 3.63) is 23.9 Å². The van der Waals surface area contributed by atoms with E-state index in [9.17, 15) is 9.90 Å². The lowest BCUT2D eigenvalue weighted by atomic mass is 9.77. The molecule has 1 N–H and O–H groups in total. The lowest BCUT2D eigenvalue weighted by molar-refractivity contribution is -0.141. The lowest BCUT2D eigenvalue weighted by Gasteiger charge is -2.51. The lowest BCUT2D eigenvalue weighted by Crippen LogP contribution is -2.63.